The van der Waals surface area contributed by atoms with Crippen LogP contribution in [0.2, 0.25) is 5.02 Å². The van der Waals surface area contributed by atoms with Crippen molar-refractivity contribution in [1.82, 2.24) is 14.8 Å². The molecule has 0 unspecified atom stereocenters. The number of hydrogen-bond acceptors (Lipinski definition) is 5. The van der Waals surface area contributed by atoms with Gasteiger partial charge in [0.25, 0.3) is 0 Å². The Balaban J connectivity index is 1.88. The van der Waals surface area contributed by atoms with E-state index in [0.717, 1.165) is 42.1 Å². The Morgan fingerprint density at radius 2 is 2.00 bits per heavy atom. The molecule has 1 aromatic heterocycles. The minimum Gasteiger partial charge on any atom is -0.341 e. The van der Waals surface area contributed by atoms with Gasteiger partial charge in [0.2, 0.25) is 5.95 Å². The number of benzene rings is 1. The Morgan fingerprint density at radius 1 is 1.25 bits per heavy atom. The van der Waals surface area contributed by atoms with Crippen molar-refractivity contribution < 1.29 is 4.79 Å². The zero-order valence-electron chi connectivity index (χ0n) is 13.7. The van der Waals surface area contributed by atoms with E-state index >= 15 is 0 Å². The van der Waals surface area contributed by atoms with Crippen LogP contribution in [0.15, 0.2) is 29.4 Å². The number of hydrogen-bond donors (Lipinski definition) is 0. The van der Waals surface area contributed by atoms with E-state index < -0.39 is 0 Å². The fraction of sp³-hybridized carbons (Fsp3) is 0.471. The van der Waals surface area contributed by atoms with Gasteiger partial charge in [-0.2, -0.15) is 0 Å². The van der Waals surface area contributed by atoms with Gasteiger partial charge in [0.15, 0.2) is 5.16 Å². The van der Waals surface area contributed by atoms with Gasteiger partial charge in [-0.25, -0.2) is 0 Å². The first-order valence-corrected chi connectivity index (χ1v) is 9.60. The van der Waals surface area contributed by atoms with Crippen molar-refractivity contribution in [2.45, 2.75) is 37.8 Å². The molecule has 1 fully saturated rings. The molecule has 24 heavy (non-hydrogen) atoms. The monoisotopic (exact) mass is 364 g/mol. The average molecular weight is 365 g/mol. The third kappa shape index (κ3) is 3.92. The first kappa shape index (κ1) is 17.3. The molecular weight excluding hydrogens is 344 g/mol. The van der Waals surface area contributed by atoms with E-state index in [1.54, 1.807) is 18.7 Å². The largest absolute Gasteiger partial charge is 0.341 e. The summed E-state index contributed by atoms with van der Waals surface area (Å²) in [5.41, 5.74) is 0.903. The molecule has 0 amide bonds. The number of ketones is 1. The Morgan fingerprint density at radius 3 is 2.71 bits per heavy atom. The van der Waals surface area contributed by atoms with Gasteiger partial charge < -0.3 is 9.69 Å². The first-order valence-electron chi connectivity index (χ1n) is 8.24. The van der Waals surface area contributed by atoms with E-state index in [4.69, 9.17) is 11.6 Å². The minimum atomic E-state index is 0.223. The van der Waals surface area contributed by atoms with Crippen molar-refractivity contribution >= 4 is 35.1 Å². The number of carbonyl (C=O) groups excluding carboxylic acids is 1. The molecule has 0 atom stereocenters. The average Bonchev–Trinajstić information content (AvgIpc) is 3.21. The Kier molecular flexibility index (Phi) is 5.79. The van der Waals surface area contributed by atoms with Crippen LogP contribution < -0.4 is 4.90 Å². The molecule has 0 aliphatic carbocycles. The van der Waals surface area contributed by atoms with E-state index in [9.17, 15) is 4.79 Å². The number of para-hydroxylation sites is 1. The van der Waals surface area contributed by atoms with Gasteiger partial charge in [-0.05, 0) is 38.3 Å². The number of aromatic nitrogens is 3. The highest BCUT2D eigenvalue weighted by Gasteiger charge is 2.23. The number of nitrogens with zero attached hydrogens (tertiary/aromatic N) is 4. The second kappa shape index (κ2) is 8.03. The lowest BCUT2D eigenvalue weighted by molar-refractivity contribution is -0.117. The highest BCUT2D eigenvalue weighted by atomic mass is 35.5. The molecular formula is C17H21ClN4OS. The lowest BCUT2D eigenvalue weighted by atomic mass is 10.3. The summed E-state index contributed by atoms with van der Waals surface area (Å²) in [4.78, 5) is 13.4. The van der Waals surface area contributed by atoms with Crippen molar-refractivity contribution in [1.29, 1.82) is 0 Å². The number of anilines is 1. The zero-order valence-corrected chi connectivity index (χ0v) is 15.3. The van der Waals surface area contributed by atoms with E-state index in [2.05, 4.69) is 15.1 Å². The molecule has 3 rings (SSSR count). The van der Waals surface area contributed by atoms with Gasteiger partial charge in [-0.3, -0.25) is 4.57 Å². The highest BCUT2D eigenvalue weighted by molar-refractivity contribution is 7.99. The smallest absolute Gasteiger partial charge is 0.232 e. The molecule has 0 spiro atoms. The summed E-state index contributed by atoms with van der Waals surface area (Å²) in [6, 6.07) is 7.77. The molecule has 2 heterocycles. The SMILES string of the molecule is CC(=O)CCCSc1nnc(N2CCCC2)n1-c1ccccc1Cl. The minimum absolute atomic E-state index is 0.223. The fourth-order valence-electron chi connectivity index (χ4n) is 2.81. The number of thioether (sulfide) groups is 1. The third-order valence-electron chi connectivity index (χ3n) is 4.00. The lowest BCUT2D eigenvalue weighted by Gasteiger charge is -2.19. The second-order valence-electron chi connectivity index (χ2n) is 5.92. The van der Waals surface area contributed by atoms with Crippen LogP contribution in [0.25, 0.3) is 5.69 Å². The third-order valence-corrected chi connectivity index (χ3v) is 5.34. The van der Waals surface area contributed by atoms with E-state index in [-0.39, 0.29) is 5.78 Å². The molecule has 7 heteroatoms. The first-order chi connectivity index (χ1) is 11.7. The van der Waals surface area contributed by atoms with Gasteiger partial charge in [-0.15, -0.1) is 10.2 Å². The Bertz CT molecular complexity index is 712. The molecule has 0 bridgehead atoms. The maximum atomic E-state index is 11.1. The second-order valence-corrected chi connectivity index (χ2v) is 7.39. The number of rotatable bonds is 7. The summed E-state index contributed by atoms with van der Waals surface area (Å²) in [6.45, 7) is 3.62. The van der Waals surface area contributed by atoms with E-state index in [1.807, 2.05) is 28.8 Å². The van der Waals surface area contributed by atoms with Crippen LogP contribution in [0.3, 0.4) is 0 Å². The van der Waals surface area contributed by atoms with Crippen molar-refractivity contribution in [3.63, 3.8) is 0 Å². The molecule has 0 radical (unpaired) electrons. The molecule has 1 aliphatic rings. The molecule has 5 nitrogen and oxygen atoms in total. The summed E-state index contributed by atoms with van der Waals surface area (Å²) in [5.74, 6) is 1.91. The molecule has 0 N–H and O–H groups in total. The van der Waals surface area contributed by atoms with Gasteiger partial charge in [0.05, 0.1) is 10.7 Å². The van der Waals surface area contributed by atoms with Gasteiger partial charge in [0, 0.05) is 25.3 Å². The highest BCUT2D eigenvalue weighted by Crippen LogP contribution is 2.32. The summed E-state index contributed by atoms with van der Waals surface area (Å²) < 4.78 is 2.05. The Hall–Kier alpha value is -1.53. The normalized spacial score (nSPS) is 14.3. The van der Waals surface area contributed by atoms with Crippen LogP contribution in [0.1, 0.15) is 32.6 Å². The predicted molar refractivity (Wildman–Crippen MR) is 98.5 cm³/mol. The molecule has 0 saturated carbocycles. The van der Waals surface area contributed by atoms with E-state index in [1.165, 1.54) is 12.8 Å². The van der Waals surface area contributed by atoms with Crippen LogP contribution in [-0.2, 0) is 4.79 Å². The quantitative estimate of drug-likeness (QED) is 0.549. The maximum Gasteiger partial charge on any atom is 0.232 e. The number of carbonyl (C=O) groups is 1. The van der Waals surface area contributed by atoms with Gasteiger partial charge in [0.1, 0.15) is 5.78 Å². The standard InChI is InChI=1S/C17H21ClN4OS/c1-13(23)7-6-12-24-17-20-19-16(21-10-4-5-11-21)22(17)15-9-3-2-8-14(15)18/h2-3,8-9H,4-7,10-12H2,1H3. The van der Waals surface area contributed by atoms with E-state index in [0.29, 0.717) is 11.4 Å². The Labute approximate surface area is 151 Å². The van der Waals surface area contributed by atoms with Crippen LogP contribution in [-0.4, -0.2) is 39.4 Å². The lowest BCUT2D eigenvalue weighted by Crippen LogP contribution is -2.22. The zero-order chi connectivity index (χ0) is 16.9. The summed E-state index contributed by atoms with van der Waals surface area (Å²) in [5, 5.41) is 10.3. The predicted octanol–water partition coefficient (Wildman–Crippen LogP) is 3.98. The van der Waals surface area contributed by atoms with Crippen LogP contribution in [0.5, 0.6) is 0 Å². The van der Waals surface area contributed by atoms with Crippen LogP contribution >= 0.6 is 23.4 Å². The fourth-order valence-corrected chi connectivity index (χ4v) is 3.91. The van der Waals surface area contributed by atoms with Gasteiger partial charge >= 0.3 is 0 Å². The summed E-state index contributed by atoms with van der Waals surface area (Å²) in [6.07, 6.45) is 3.80. The van der Waals surface area contributed by atoms with Crippen LogP contribution in [0, 0.1) is 0 Å². The maximum absolute atomic E-state index is 11.1. The van der Waals surface area contributed by atoms with Crippen molar-refractivity contribution in [3.05, 3.63) is 29.3 Å². The van der Waals surface area contributed by atoms with Crippen LogP contribution in [0.4, 0.5) is 5.95 Å². The van der Waals surface area contributed by atoms with Crippen molar-refractivity contribution in [3.8, 4) is 5.69 Å². The number of halogens is 1. The van der Waals surface area contributed by atoms with Crippen molar-refractivity contribution in [2.75, 3.05) is 23.7 Å². The topological polar surface area (TPSA) is 51.0 Å². The van der Waals surface area contributed by atoms with Crippen molar-refractivity contribution in [2.24, 2.45) is 0 Å². The molecule has 128 valence electrons. The number of Topliss-reactive ketones (excluding diaryl/α,β-unsaturated/α-hetero) is 1. The summed E-state index contributed by atoms with van der Waals surface area (Å²) >= 11 is 8.04. The molecule has 1 saturated heterocycles. The molecule has 1 aliphatic heterocycles. The molecule has 1 aromatic carbocycles. The summed E-state index contributed by atoms with van der Waals surface area (Å²) in [7, 11) is 0. The van der Waals surface area contributed by atoms with Gasteiger partial charge in [-0.1, -0.05) is 35.5 Å². The molecule has 2 aromatic rings.